The van der Waals surface area contributed by atoms with Crippen molar-refractivity contribution in [3.05, 3.63) is 28.7 Å². The summed E-state index contributed by atoms with van der Waals surface area (Å²) in [6.45, 7) is 6.83. The predicted molar refractivity (Wildman–Crippen MR) is 60.8 cm³/mol. The van der Waals surface area contributed by atoms with Gasteiger partial charge in [0, 0.05) is 18.8 Å². The largest absolute Gasteiger partial charge is 0.315 e. The molecule has 0 saturated carbocycles. The lowest BCUT2D eigenvalue weighted by Crippen LogP contribution is -2.28. The molecule has 0 fully saturated rings. The zero-order chi connectivity index (χ0) is 11.1. The molecule has 0 unspecified atom stereocenters. The van der Waals surface area contributed by atoms with Crippen molar-refractivity contribution in [2.75, 3.05) is 13.1 Å². The van der Waals surface area contributed by atoms with Crippen LogP contribution in [0.15, 0.2) is 23.1 Å². The third kappa shape index (κ3) is 4.74. The highest BCUT2D eigenvalue weighted by atomic mass is 16.1. The van der Waals surface area contributed by atoms with Gasteiger partial charge in [0.15, 0.2) is 0 Å². The van der Waals surface area contributed by atoms with E-state index in [0.29, 0.717) is 6.54 Å². The van der Waals surface area contributed by atoms with Gasteiger partial charge in [-0.3, -0.25) is 4.79 Å². The van der Waals surface area contributed by atoms with Crippen LogP contribution in [0.3, 0.4) is 0 Å². The first-order valence-electron chi connectivity index (χ1n) is 5.43. The van der Waals surface area contributed by atoms with Crippen molar-refractivity contribution < 1.29 is 0 Å². The van der Waals surface area contributed by atoms with Crippen LogP contribution in [0.4, 0.5) is 0 Å². The summed E-state index contributed by atoms with van der Waals surface area (Å²) < 4.78 is 1.47. The summed E-state index contributed by atoms with van der Waals surface area (Å²) in [5.74, 6) is 0.718. The van der Waals surface area contributed by atoms with Crippen molar-refractivity contribution in [3.8, 4) is 0 Å². The Labute approximate surface area is 90.3 Å². The third-order valence-electron chi connectivity index (χ3n) is 2.18. The maximum absolute atomic E-state index is 11.3. The molecule has 0 aliphatic carbocycles. The van der Waals surface area contributed by atoms with Gasteiger partial charge >= 0.3 is 0 Å². The van der Waals surface area contributed by atoms with E-state index >= 15 is 0 Å². The van der Waals surface area contributed by atoms with Gasteiger partial charge in [0.05, 0.1) is 6.54 Å². The van der Waals surface area contributed by atoms with E-state index in [9.17, 15) is 4.79 Å². The number of aromatic nitrogens is 2. The molecule has 1 heterocycles. The topological polar surface area (TPSA) is 46.9 Å². The molecule has 1 N–H and O–H groups in total. The molecule has 1 aromatic heterocycles. The Balaban J connectivity index is 2.21. The van der Waals surface area contributed by atoms with Crippen molar-refractivity contribution in [1.29, 1.82) is 0 Å². The molecule has 0 spiro atoms. The summed E-state index contributed by atoms with van der Waals surface area (Å²) >= 11 is 0. The molecular formula is C11H19N3O. The Morgan fingerprint density at radius 2 is 2.27 bits per heavy atom. The number of nitrogens with zero attached hydrogens (tertiary/aromatic N) is 2. The minimum atomic E-state index is -0.0387. The molecule has 4 heteroatoms. The van der Waals surface area contributed by atoms with Gasteiger partial charge in [-0.05, 0) is 24.9 Å². The van der Waals surface area contributed by atoms with Crippen LogP contribution < -0.4 is 10.9 Å². The van der Waals surface area contributed by atoms with Crippen molar-refractivity contribution in [1.82, 2.24) is 15.1 Å². The fraction of sp³-hybridized carbons (Fsp3) is 0.636. The smallest absolute Gasteiger partial charge is 0.266 e. The average Bonchev–Trinajstić information content (AvgIpc) is 2.20. The SMILES string of the molecule is CC(C)CCNCCn1ncccc1=O. The zero-order valence-electron chi connectivity index (χ0n) is 9.44. The first kappa shape index (κ1) is 11.9. The lowest BCUT2D eigenvalue weighted by molar-refractivity contribution is 0.495. The van der Waals surface area contributed by atoms with E-state index in [1.807, 2.05) is 0 Å². The molecule has 0 aliphatic rings. The van der Waals surface area contributed by atoms with Crippen LogP contribution in [0.25, 0.3) is 0 Å². The van der Waals surface area contributed by atoms with E-state index in [1.165, 1.54) is 10.7 Å². The molecule has 0 amide bonds. The van der Waals surface area contributed by atoms with Gasteiger partial charge in [-0.15, -0.1) is 0 Å². The minimum Gasteiger partial charge on any atom is -0.315 e. The molecule has 0 atom stereocenters. The van der Waals surface area contributed by atoms with Crippen LogP contribution in [0.2, 0.25) is 0 Å². The van der Waals surface area contributed by atoms with Crippen LogP contribution >= 0.6 is 0 Å². The Bertz CT molecular complexity index is 333. The van der Waals surface area contributed by atoms with Gasteiger partial charge in [0.2, 0.25) is 0 Å². The Kier molecular flexibility index (Phi) is 5.04. The molecule has 84 valence electrons. The van der Waals surface area contributed by atoms with Crippen molar-refractivity contribution >= 4 is 0 Å². The second-order valence-electron chi connectivity index (χ2n) is 4.02. The molecule has 0 radical (unpaired) electrons. The zero-order valence-corrected chi connectivity index (χ0v) is 9.44. The first-order chi connectivity index (χ1) is 7.20. The van der Waals surface area contributed by atoms with Crippen molar-refractivity contribution in [3.63, 3.8) is 0 Å². The number of hydrogen-bond donors (Lipinski definition) is 1. The highest BCUT2D eigenvalue weighted by molar-refractivity contribution is 4.84. The van der Waals surface area contributed by atoms with Gasteiger partial charge in [-0.2, -0.15) is 5.10 Å². The maximum atomic E-state index is 11.3. The van der Waals surface area contributed by atoms with E-state index in [2.05, 4.69) is 24.3 Å². The molecule has 15 heavy (non-hydrogen) atoms. The summed E-state index contributed by atoms with van der Waals surface area (Å²) in [5, 5.41) is 7.27. The van der Waals surface area contributed by atoms with E-state index in [0.717, 1.165) is 25.4 Å². The fourth-order valence-electron chi connectivity index (χ4n) is 1.26. The first-order valence-corrected chi connectivity index (χ1v) is 5.43. The monoisotopic (exact) mass is 209 g/mol. The summed E-state index contributed by atoms with van der Waals surface area (Å²) in [5.41, 5.74) is -0.0387. The molecule has 0 bridgehead atoms. The van der Waals surface area contributed by atoms with Gasteiger partial charge in [0.25, 0.3) is 5.56 Å². The second-order valence-corrected chi connectivity index (χ2v) is 4.02. The molecule has 0 aliphatic heterocycles. The summed E-state index contributed by atoms with van der Waals surface area (Å²) in [6.07, 6.45) is 2.80. The quantitative estimate of drug-likeness (QED) is 0.707. The second kappa shape index (κ2) is 6.35. The highest BCUT2D eigenvalue weighted by Gasteiger charge is 1.95. The normalized spacial score (nSPS) is 10.9. The summed E-state index contributed by atoms with van der Waals surface area (Å²) in [4.78, 5) is 11.3. The van der Waals surface area contributed by atoms with Crippen LogP contribution in [0.5, 0.6) is 0 Å². The maximum Gasteiger partial charge on any atom is 0.266 e. The average molecular weight is 209 g/mol. The van der Waals surface area contributed by atoms with Crippen LogP contribution in [-0.2, 0) is 6.54 Å². The number of nitrogens with one attached hydrogen (secondary N) is 1. The molecule has 0 aromatic carbocycles. The van der Waals surface area contributed by atoms with E-state index in [-0.39, 0.29) is 5.56 Å². The Hall–Kier alpha value is -1.16. The van der Waals surface area contributed by atoms with E-state index in [4.69, 9.17) is 0 Å². The fourth-order valence-corrected chi connectivity index (χ4v) is 1.26. The van der Waals surface area contributed by atoms with E-state index < -0.39 is 0 Å². The predicted octanol–water partition coefficient (Wildman–Crippen LogP) is 0.879. The molecule has 1 aromatic rings. The van der Waals surface area contributed by atoms with Gasteiger partial charge in [-0.1, -0.05) is 13.8 Å². The van der Waals surface area contributed by atoms with Crippen molar-refractivity contribution in [2.45, 2.75) is 26.8 Å². The third-order valence-corrected chi connectivity index (χ3v) is 2.18. The van der Waals surface area contributed by atoms with Gasteiger partial charge in [-0.25, -0.2) is 4.68 Å². The summed E-state index contributed by atoms with van der Waals surface area (Å²) in [6, 6.07) is 3.19. The lowest BCUT2D eigenvalue weighted by atomic mass is 10.1. The van der Waals surface area contributed by atoms with E-state index in [1.54, 1.807) is 12.3 Å². The molecule has 1 rings (SSSR count). The van der Waals surface area contributed by atoms with Crippen LogP contribution in [0, 0.1) is 5.92 Å². The Morgan fingerprint density at radius 1 is 1.47 bits per heavy atom. The van der Waals surface area contributed by atoms with Gasteiger partial charge in [0.1, 0.15) is 0 Å². The molecule has 0 saturated heterocycles. The van der Waals surface area contributed by atoms with Crippen molar-refractivity contribution in [2.24, 2.45) is 5.92 Å². The summed E-state index contributed by atoms with van der Waals surface area (Å²) in [7, 11) is 0. The molecular weight excluding hydrogens is 190 g/mol. The van der Waals surface area contributed by atoms with Gasteiger partial charge < -0.3 is 5.32 Å². The number of hydrogen-bond acceptors (Lipinski definition) is 3. The van der Waals surface area contributed by atoms with Crippen LogP contribution in [0.1, 0.15) is 20.3 Å². The highest BCUT2D eigenvalue weighted by Crippen LogP contribution is 1.95. The van der Waals surface area contributed by atoms with Crippen LogP contribution in [-0.4, -0.2) is 22.9 Å². The number of rotatable bonds is 6. The minimum absolute atomic E-state index is 0.0387. The Morgan fingerprint density at radius 3 is 2.93 bits per heavy atom. The lowest BCUT2D eigenvalue weighted by Gasteiger charge is -2.07. The molecule has 4 nitrogen and oxygen atoms in total. The standard InChI is InChI=1S/C11H19N3O/c1-10(2)5-7-12-8-9-14-11(15)4-3-6-13-14/h3-4,6,10,12H,5,7-9H2,1-2H3.